The molecular weight excluding hydrogens is 292 g/mol. The average molecular weight is 306 g/mol. The second-order valence-electron chi connectivity index (χ2n) is 4.30. The number of rotatable bonds is 4. The summed E-state index contributed by atoms with van der Waals surface area (Å²) in [5.74, 6) is -0.513. The fourth-order valence-electron chi connectivity index (χ4n) is 2.09. The molecule has 0 amide bonds. The number of ether oxygens (including phenoxy) is 1. The molecule has 1 aromatic carbocycles. The molecule has 0 atom stereocenters. The number of carbonyl (C=O) groups is 1. The van der Waals surface area contributed by atoms with Crippen molar-refractivity contribution in [3.8, 4) is 11.1 Å². The Kier molecular flexibility index (Phi) is 4.23. The van der Waals surface area contributed by atoms with E-state index in [0.29, 0.717) is 16.1 Å². The zero-order chi connectivity index (χ0) is 15.6. The van der Waals surface area contributed by atoms with Gasteiger partial charge in [0.25, 0.3) is 5.69 Å². The summed E-state index contributed by atoms with van der Waals surface area (Å²) in [7, 11) is 0. The van der Waals surface area contributed by atoms with Crippen LogP contribution in [-0.2, 0) is 4.74 Å². The molecule has 2 rings (SSSR count). The van der Waals surface area contributed by atoms with Crippen LogP contribution in [0.1, 0.15) is 22.2 Å². The van der Waals surface area contributed by atoms with E-state index in [1.165, 1.54) is 23.5 Å². The molecule has 21 heavy (non-hydrogen) atoms. The van der Waals surface area contributed by atoms with Crippen molar-refractivity contribution < 1.29 is 14.5 Å². The van der Waals surface area contributed by atoms with E-state index >= 15 is 0 Å². The first-order chi connectivity index (χ1) is 9.95. The third-order valence-electron chi connectivity index (χ3n) is 2.94. The number of nitro groups is 1. The van der Waals surface area contributed by atoms with Gasteiger partial charge in [-0.25, -0.2) is 4.79 Å². The maximum Gasteiger partial charge on any atom is 0.341 e. The van der Waals surface area contributed by atoms with Gasteiger partial charge in [-0.15, -0.1) is 11.3 Å². The lowest BCUT2D eigenvalue weighted by atomic mass is 10.0. The number of non-ortho nitro benzene ring substituents is 1. The lowest BCUT2D eigenvalue weighted by molar-refractivity contribution is -0.384. The van der Waals surface area contributed by atoms with Gasteiger partial charge in [0.05, 0.1) is 11.5 Å². The monoisotopic (exact) mass is 306 g/mol. The molecule has 0 unspecified atom stereocenters. The number of nitro benzene ring substituents is 1. The van der Waals surface area contributed by atoms with Crippen LogP contribution >= 0.6 is 11.3 Å². The molecule has 110 valence electrons. The number of nitrogen functional groups attached to an aromatic ring is 1. The van der Waals surface area contributed by atoms with Crippen LogP contribution in [-0.4, -0.2) is 17.5 Å². The smallest absolute Gasteiger partial charge is 0.341 e. The third-order valence-corrected chi connectivity index (χ3v) is 3.87. The highest BCUT2D eigenvalue weighted by molar-refractivity contribution is 7.16. The van der Waals surface area contributed by atoms with Gasteiger partial charge < -0.3 is 10.5 Å². The maximum absolute atomic E-state index is 12.1. The van der Waals surface area contributed by atoms with Crippen LogP contribution in [0.15, 0.2) is 24.3 Å². The molecule has 0 aliphatic rings. The third kappa shape index (κ3) is 2.87. The number of aryl methyl sites for hydroxylation is 1. The summed E-state index contributed by atoms with van der Waals surface area (Å²) in [6.07, 6.45) is 0. The summed E-state index contributed by atoms with van der Waals surface area (Å²) in [6, 6.07) is 6.12. The predicted molar refractivity (Wildman–Crippen MR) is 81.5 cm³/mol. The molecule has 6 nitrogen and oxygen atoms in total. The molecule has 0 saturated heterocycles. The van der Waals surface area contributed by atoms with Crippen molar-refractivity contribution in [1.29, 1.82) is 0 Å². The van der Waals surface area contributed by atoms with Crippen molar-refractivity contribution in [2.24, 2.45) is 0 Å². The Balaban J connectivity index is 2.61. The first-order valence-electron chi connectivity index (χ1n) is 6.26. The van der Waals surface area contributed by atoms with Crippen LogP contribution < -0.4 is 5.73 Å². The van der Waals surface area contributed by atoms with Gasteiger partial charge in [0.15, 0.2) is 0 Å². The Labute approximate surface area is 125 Å². The topological polar surface area (TPSA) is 95.5 Å². The molecular formula is C14H14N2O4S. The van der Waals surface area contributed by atoms with Gasteiger partial charge >= 0.3 is 5.97 Å². The maximum atomic E-state index is 12.1. The Morgan fingerprint density at radius 3 is 2.81 bits per heavy atom. The summed E-state index contributed by atoms with van der Waals surface area (Å²) in [4.78, 5) is 23.3. The van der Waals surface area contributed by atoms with E-state index in [-0.39, 0.29) is 17.9 Å². The van der Waals surface area contributed by atoms with Crippen molar-refractivity contribution in [2.75, 3.05) is 12.3 Å². The minimum Gasteiger partial charge on any atom is -0.462 e. The van der Waals surface area contributed by atoms with E-state index in [9.17, 15) is 14.9 Å². The highest BCUT2D eigenvalue weighted by atomic mass is 32.1. The van der Waals surface area contributed by atoms with Gasteiger partial charge in [0, 0.05) is 22.6 Å². The van der Waals surface area contributed by atoms with Crippen molar-refractivity contribution >= 4 is 28.0 Å². The molecule has 0 radical (unpaired) electrons. The minimum absolute atomic E-state index is 0.0357. The van der Waals surface area contributed by atoms with Crippen LogP contribution in [0.5, 0.6) is 0 Å². The molecule has 0 bridgehead atoms. The number of hydrogen-bond acceptors (Lipinski definition) is 6. The van der Waals surface area contributed by atoms with Crippen molar-refractivity contribution in [1.82, 2.24) is 0 Å². The van der Waals surface area contributed by atoms with Crippen molar-refractivity contribution in [2.45, 2.75) is 13.8 Å². The molecule has 2 N–H and O–H groups in total. The fraction of sp³-hybridized carbons (Fsp3) is 0.214. The number of anilines is 1. The quantitative estimate of drug-likeness (QED) is 0.530. The van der Waals surface area contributed by atoms with Gasteiger partial charge in [-0.3, -0.25) is 10.1 Å². The van der Waals surface area contributed by atoms with Crippen molar-refractivity contribution in [3.05, 3.63) is 44.8 Å². The largest absolute Gasteiger partial charge is 0.462 e. The highest BCUT2D eigenvalue weighted by Gasteiger charge is 2.23. The normalized spacial score (nSPS) is 10.4. The van der Waals surface area contributed by atoms with Crippen LogP contribution in [0.25, 0.3) is 11.1 Å². The zero-order valence-corrected chi connectivity index (χ0v) is 12.4. The molecule has 7 heteroatoms. The molecule has 0 saturated carbocycles. The SMILES string of the molecule is CCOC(=O)c1c(N)sc(C)c1-c1cccc([N+](=O)[O-])c1. The molecule has 1 heterocycles. The lowest BCUT2D eigenvalue weighted by Gasteiger charge is -2.06. The molecule has 0 fully saturated rings. The number of carbonyl (C=O) groups excluding carboxylic acids is 1. The van der Waals surface area contributed by atoms with Crippen LogP contribution in [0.3, 0.4) is 0 Å². The first kappa shape index (κ1) is 15.0. The highest BCUT2D eigenvalue weighted by Crippen LogP contribution is 2.39. The average Bonchev–Trinajstić information content (AvgIpc) is 2.73. The van der Waals surface area contributed by atoms with Gasteiger partial charge in [-0.05, 0) is 19.4 Å². The summed E-state index contributed by atoms with van der Waals surface area (Å²) >= 11 is 1.27. The van der Waals surface area contributed by atoms with Gasteiger partial charge in [0.1, 0.15) is 10.6 Å². The standard InChI is InChI=1S/C14H14N2O4S/c1-3-20-14(17)12-11(8(2)21-13(12)15)9-5-4-6-10(7-9)16(18)19/h4-7H,3,15H2,1-2H3. The van der Waals surface area contributed by atoms with Crippen LogP contribution in [0.4, 0.5) is 10.7 Å². The van der Waals surface area contributed by atoms with Crippen LogP contribution in [0.2, 0.25) is 0 Å². The number of nitrogens with two attached hydrogens (primary N) is 1. The molecule has 1 aromatic heterocycles. The number of nitrogens with zero attached hydrogens (tertiary/aromatic N) is 1. The van der Waals surface area contributed by atoms with E-state index in [2.05, 4.69) is 0 Å². The Hall–Kier alpha value is -2.41. The summed E-state index contributed by atoms with van der Waals surface area (Å²) in [5.41, 5.74) is 7.31. The summed E-state index contributed by atoms with van der Waals surface area (Å²) in [5, 5.41) is 11.2. The lowest BCUT2D eigenvalue weighted by Crippen LogP contribution is -2.07. The Bertz CT molecular complexity index is 709. The first-order valence-corrected chi connectivity index (χ1v) is 7.08. The molecule has 2 aromatic rings. The minimum atomic E-state index is -0.513. The predicted octanol–water partition coefficient (Wildman–Crippen LogP) is 3.39. The molecule has 0 aliphatic carbocycles. The van der Waals surface area contributed by atoms with E-state index in [1.54, 1.807) is 19.1 Å². The van der Waals surface area contributed by atoms with E-state index in [1.807, 2.05) is 6.92 Å². The number of benzene rings is 1. The second kappa shape index (κ2) is 5.92. The fourth-order valence-corrected chi connectivity index (χ4v) is 3.03. The van der Waals surface area contributed by atoms with E-state index in [0.717, 1.165) is 4.88 Å². The van der Waals surface area contributed by atoms with Crippen LogP contribution in [0, 0.1) is 17.0 Å². The van der Waals surface area contributed by atoms with Gasteiger partial charge in [0.2, 0.25) is 0 Å². The van der Waals surface area contributed by atoms with E-state index in [4.69, 9.17) is 10.5 Å². The van der Waals surface area contributed by atoms with Crippen molar-refractivity contribution in [3.63, 3.8) is 0 Å². The number of hydrogen-bond donors (Lipinski definition) is 1. The number of thiophene rings is 1. The Morgan fingerprint density at radius 1 is 1.48 bits per heavy atom. The molecule has 0 spiro atoms. The summed E-state index contributed by atoms with van der Waals surface area (Å²) < 4.78 is 5.02. The number of esters is 1. The van der Waals surface area contributed by atoms with Gasteiger partial charge in [-0.1, -0.05) is 12.1 Å². The molecule has 0 aliphatic heterocycles. The van der Waals surface area contributed by atoms with E-state index < -0.39 is 10.9 Å². The second-order valence-corrected chi connectivity index (χ2v) is 5.56. The summed E-state index contributed by atoms with van der Waals surface area (Å²) in [6.45, 7) is 3.76. The zero-order valence-electron chi connectivity index (χ0n) is 11.6. The Morgan fingerprint density at radius 2 is 2.19 bits per heavy atom. The van der Waals surface area contributed by atoms with Gasteiger partial charge in [-0.2, -0.15) is 0 Å².